The molecular formula is C23H22FN5O3. The minimum absolute atomic E-state index is 0.132. The van der Waals surface area contributed by atoms with E-state index in [2.05, 4.69) is 15.3 Å². The maximum absolute atomic E-state index is 12.4. The number of rotatable bonds is 7. The maximum atomic E-state index is 12.4. The van der Waals surface area contributed by atoms with Crippen molar-refractivity contribution in [1.29, 1.82) is 0 Å². The molecular weight excluding hydrogens is 413 g/mol. The number of aromatic nitrogens is 3. The molecule has 0 aliphatic heterocycles. The van der Waals surface area contributed by atoms with Crippen molar-refractivity contribution in [2.24, 2.45) is 0 Å². The first-order chi connectivity index (χ1) is 15.4. The number of aliphatic hydroxyl groups excluding tert-OH is 1. The zero-order chi connectivity index (χ0) is 22.7. The zero-order valence-electron chi connectivity index (χ0n) is 17.3. The molecule has 1 amide bonds. The topological polar surface area (TPSA) is 103 Å². The Kier molecular flexibility index (Phi) is 6.00. The Bertz CT molecular complexity index is 1220. The van der Waals surface area contributed by atoms with Gasteiger partial charge in [-0.1, -0.05) is 24.3 Å². The summed E-state index contributed by atoms with van der Waals surface area (Å²) in [6.07, 6.45) is 3.28. The summed E-state index contributed by atoms with van der Waals surface area (Å²) in [5, 5.41) is 21.4. The Morgan fingerprint density at radius 3 is 2.47 bits per heavy atom. The Balaban J connectivity index is 1.51. The maximum Gasteiger partial charge on any atom is 0.412 e. The average Bonchev–Trinajstić information content (AvgIpc) is 3.25. The van der Waals surface area contributed by atoms with E-state index in [1.807, 2.05) is 59.3 Å². The molecule has 0 radical (unpaired) electrons. The van der Waals surface area contributed by atoms with Crippen LogP contribution >= 0.6 is 0 Å². The molecule has 4 aromatic rings. The van der Waals surface area contributed by atoms with Crippen LogP contribution < -0.4 is 10.2 Å². The van der Waals surface area contributed by atoms with E-state index < -0.39 is 18.9 Å². The number of imidazole rings is 1. The van der Waals surface area contributed by atoms with Gasteiger partial charge in [0.1, 0.15) is 18.1 Å². The second kappa shape index (κ2) is 9.03. The Labute approximate surface area is 183 Å². The van der Waals surface area contributed by atoms with Crippen molar-refractivity contribution < 1.29 is 19.4 Å². The van der Waals surface area contributed by atoms with Crippen molar-refractivity contribution in [2.75, 3.05) is 30.5 Å². The minimum Gasteiger partial charge on any atom is -0.465 e. The van der Waals surface area contributed by atoms with E-state index in [0.717, 1.165) is 38.6 Å². The number of benzene rings is 1. The van der Waals surface area contributed by atoms with Crippen LogP contribution in [0.1, 0.15) is 0 Å². The molecule has 3 N–H and O–H groups in total. The quantitative estimate of drug-likeness (QED) is 0.407. The van der Waals surface area contributed by atoms with Gasteiger partial charge in [0.25, 0.3) is 0 Å². The van der Waals surface area contributed by atoms with Gasteiger partial charge in [0, 0.05) is 43.3 Å². The highest BCUT2D eigenvalue weighted by Crippen LogP contribution is 2.26. The van der Waals surface area contributed by atoms with Crippen molar-refractivity contribution in [1.82, 2.24) is 14.4 Å². The Morgan fingerprint density at radius 1 is 1.09 bits per heavy atom. The highest BCUT2D eigenvalue weighted by atomic mass is 19.1. The number of amides is 1. The van der Waals surface area contributed by atoms with Gasteiger partial charge in [-0.15, -0.1) is 0 Å². The molecule has 0 saturated heterocycles. The van der Waals surface area contributed by atoms with Crippen LogP contribution in [0.5, 0.6) is 0 Å². The molecule has 0 aliphatic carbocycles. The van der Waals surface area contributed by atoms with Crippen LogP contribution in [-0.4, -0.2) is 57.0 Å². The van der Waals surface area contributed by atoms with E-state index in [9.17, 15) is 14.3 Å². The van der Waals surface area contributed by atoms with E-state index in [4.69, 9.17) is 5.11 Å². The smallest absolute Gasteiger partial charge is 0.412 e. The molecule has 1 unspecified atom stereocenters. The van der Waals surface area contributed by atoms with Crippen LogP contribution in [-0.2, 0) is 0 Å². The van der Waals surface area contributed by atoms with E-state index in [1.165, 1.54) is 7.05 Å². The van der Waals surface area contributed by atoms with Crippen LogP contribution in [0, 0.1) is 0 Å². The van der Waals surface area contributed by atoms with E-state index in [0.29, 0.717) is 5.82 Å². The summed E-state index contributed by atoms with van der Waals surface area (Å²) in [6.45, 7) is -0.659. The van der Waals surface area contributed by atoms with Crippen LogP contribution in [0.3, 0.4) is 0 Å². The number of pyridine rings is 2. The van der Waals surface area contributed by atoms with Crippen molar-refractivity contribution in [3.05, 3.63) is 67.1 Å². The second-order valence-corrected chi connectivity index (χ2v) is 7.32. The van der Waals surface area contributed by atoms with Crippen LogP contribution in [0.25, 0.3) is 28.0 Å². The van der Waals surface area contributed by atoms with Gasteiger partial charge in [-0.05, 0) is 29.8 Å². The van der Waals surface area contributed by atoms with Crippen molar-refractivity contribution >= 4 is 23.2 Å². The van der Waals surface area contributed by atoms with Gasteiger partial charge in [-0.3, -0.25) is 4.90 Å². The van der Waals surface area contributed by atoms with Gasteiger partial charge in [-0.25, -0.2) is 19.2 Å². The van der Waals surface area contributed by atoms with Gasteiger partial charge in [-0.2, -0.15) is 0 Å². The highest BCUT2D eigenvalue weighted by molar-refractivity contribution is 5.84. The standard InChI is InChI=1S/C23H22FN5O3/c1-28(23(31)32)21-8-6-17(11-26-21)15-2-4-16(5-3-15)20-14-29-13-18(7-9-22(29)27-20)25-12-19(30)10-24/h2-9,11,13-14,19,25,30H,10,12H2,1H3,(H,31,32). The number of nitrogens with zero attached hydrogens (tertiary/aromatic N) is 4. The van der Waals surface area contributed by atoms with Gasteiger partial charge in [0.2, 0.25) is 0 Å². The lowest BCUT2D eigenvalue weighted by Gasteiger charge is -2.12. The Hall–Kier alpha value is -3.98. The predicted octanol–water partition coefficient (Wildman–Crippen LogP) is 3.92. The molecule has 9 heteroatoms. The average molecular weight is 435 g/mol. The summed E-state index contributed by atoms with van der Waals surface area (Å²) < 4.78 is 14.3. The van der Waals surface area contributed by atoms with Gasteiger partial charge < -0.3 is 19.9 Å². The monoisotopic (exact) mass is 435 g/mol. The summed E-state index contributed by atoms with van der Waals surface area (Å²) in [6, 6.07) is 15.0. The molecule has 164 valence electrons. The fraction of sp³-hybridized carbons (Fsp3) is 0.174. The van der Waals surface area contributed by atoms with E-state index in [1.54, 1.807) is 12.3 Å². The number of carbonyl (C=O) groups is 1. The molecule has 0 bridgehead atoms. The second-order valence-electron chi connectivity index (χ2n) is 7.32. The number of hydrogen-bond acceptors (Lipinski definition) is 5. The molecule has 1 aromatic carbocycles. The lowest BCUT2D eigenvalue weighted by molar-refractivity contribution is 0.151. The van der Waals surface area contributed by atoms with Crippen molar-refractivity contribution in [3.8, 4) is 22.4 Å². The summed E-state index contributed by atoms with van der Waals surface area (Å²) in [5.74, 6) is 0.357. The fourth-order valence-corrected chi connectivity index (χ4v) is 3.21. The molecule has 32 heavy (non-hydrogen) atoms. The summed E-state index contributed by atoms with van der Waals surface area (Å²) in [4.78, 5) is 20.9. The zero-order valence-corrected chi connectivity index (χ0v) is 17.3. The largest absolute Gasteiger partial charge is 0.465 e. The molecule has 4 rings (SSSR count). The third-order valence-electron chi connectivity index (χ3n) is 5.06. The number of hydrogen-bond donors (Lipinski definition) is 3. The van der Waals surface area contributed by atoms with E-state index >= 15 is 0 Å². The summed E-state index contributed by atoms with van der Waals surface area (Å²) in [5.41, 5.74) is 5.09. The normalized spacial score (nSPS) is 12.0. The van der Waals surface area contributed by atoms with Gasteiger partial charge in [0.15, 0.2) is 0 Å². The number of nitrogens with one attached hydrogen (secondary N) is 1. The molecule has 3 aromatic heterocycles. The molecule has 0 fully saturated rings. The molecule has 3 heterocycles. The number of carboxylic acid groups (broad SMARTS) is 1. The molecule has 0 spiro atoms. The molecule has 1 atom stereocenters. The van der Waals surface area contributed by atoms with Crippen molar-refractivity contribution in [3.63, 3.8) is 0 Å². The first-order valence-electron chi connectivity index (χ1n) is 9.95. The lowest BCUT2D eigenvalue weighted by atomic mass is 10.0. The number of aliphatic hydroxyl groups is 1. The van der Waals surface area contributed by atoms with Crippen LogP contribution in [0.4, 0.5) is 20.7 Å². The SMILES string of the molecule is CN(C(=O)O)c1ccc(-c2ccc(-c3cn4cc(NCC(O)CF)ccc4n3)cc2)cn1. The Morgan fingerprint density at radius 2 is 1.81 bits per heavy atom. The molecule has 0 aliphatic rings. The van der Waals surface area contributed by atoms with Gasteiger partial charge in [0.05, 0.1) is 17.5 Å². The highest BCUT2D eigenvalue weighted by Gasteiger charge is 2.10. The first-order valence-corrected chi connectivity index (χ1v) is 9.95. The number of halogens is 1. The minimum atomic E-state index is -1.07. The fourth-order valence-electron chi connectivity index (χ4n) is 3.21. The summed E-state index contributed by atoms with van der Waals surface area (Å²) in [7, 11) is 1.44. The number of alkyl halides is 1. The van der Waals surface area contributed by atoms with E-state index in [-0.39, 0.29) is 6.54 Å². The van der Waals surface area contributed by atoms with Crippen molar-refractivity contribution in [2.45, 2.75) is 6.10 Å². The number of fused-ring (bicyclic) bond motifs is 1. The molecule has 0 saturated carbocycles. The lowest BCUT2D eigenvalue weighted by Crippen LogP contribution is -2.24. The third-order valence-corrected chi connectivity index (χ3v) is 5.06. The van der Waals surface area contributed by atoms with Crippen LogP contribution in [0.2, 0.25) is 0 Å². The number of anilines is 2. The van der Waals surface area contributed by atoms with Gasteiger partial charge >= 0.3 is 6.09 Å². The first kappa shape index (κ1) is 21.3. The predicted molar refractivity (Wildman–Crippen MR) is 121 cm³/mol. The summed E-state index contributed by atoms with van der Waals surface area (Å²) >= 11 is 0. The van der Waals surface area contributed by atoms with Crippen LogP contribution in [0.15, 0.2) is 67.1 Å². The molecule has 8 nitrogen and oxygen atoms in total. The third kappa shape index (κ3) is 4.52.